The number of benzene rings is 1. The Morgan fingerprint density at radius 2 is 1.92 bits per heavy atom. The number of hydrogen-bond donors (Lipinski definition) is 1. The second-order valence-corrected chi connectivity index (χ2v) is 4.73. The van der Waals surface area contributed by atoms with Crippen molar-refractivity contribution < 1.29 is 5.11 Å². The van der Waals surface area contributed by atoms with Crippen LogP contribution in [0.25, 0.3) is 0 Å². The van der Waals surface area contributed by atoms with Crippen LogP contribution < -0.4 is 0 Å². The van der Waals surface area contributed by atoms with E-state index in [4.69, 9.17) is 34.8 Å². The highest BCUT2D eigenvalue weighted by Crippen LogP contribution is 2.43. The van der Waals surface area contributed by atoms with Crippen LogP contribution in [0, 0.1) is 0 Å². The molecule has 1 aromatic carbocycles. The summed E-state index contributed by atoms with van der Waals surface area (Å²) in [5.74, 6) is 0.726. The molecular weight excluding hydrogens is 251 g/mol. The lowest BCUT2D eigenvalue weighted by molar-refractivity contribution is 0.474. The van der Waals surface area contributed by atoms with Crippen molar-refractivity contribution >= 4 is 46.6 Å². The standard InChI is InChI=1S/C8H7Cl3OS/c1-2-13-8-5(10)3-4(9)7(12)6(8)11/h3,12H,2H2,1H3. The van der Waals surface area contributed by atoms with E-state index in [9.17, 15) is 5.11 Å². The zero-order valence-corrected chi connectivity index (χ0v) is 9.86. The molecule has 1 rings (SSSR count). The minimum atomic E-state index is -0.108. The van der Waals surface area contributed by atoms with Gasteiger partial charge in [-0.1, -0.05) is 41.7 Å². The van der Waals surface area contributed by atoms with Gasteiger partial charge in [0.15, 0.2) is 5.75 Å². The zero-order valence-electron chi connectivity index (χ0n) is 6.77. The molecule has 1 aromatic rings. The largest absolute Gasteiger partial charge is 0.505 e. The van der Waals surface area contributed by atoms with E-state index in [0.29, 0.717) is 9.92 Å². The maximum Gasteiger partial charge on any atom is 0.154 e. The van der Waals surface area contributed by atoms with Crippen LogP contribution in [0.5, 0.6) is 5.75 Å². The van der Waals surface area contributed by atoms with E-state index in [0.717, 1.165) is 5.75 Å². The minimum absolute atomic E-state index is 0.108. The summed E-state index contributed by atoms with van der Waals surface area (Å²) in [6.45, 7) is 1.98. The molecule has 0 heterocycles. The smallest absolute Gasteiger partial charge is 0.154 e. The predicted octanol–water partition coefficient (Wildman–Crippen LogP) is 4.46. The van der Waals surface area contributed by atoms with Crippen molar-refractivity contribution in [2.24, 2.45) is 0 Å². The molecule has 0 spiro atoms. The fourth-order valence-electron chi connectivity index (χ4n) is 0.839. The number of aromatic hydroxyl groups is 1. The number of thioether (sulfide) groups is 1. The van der Waals surface area contributed by atoms with Crippen LogP contribution in [0.1, 0.15) is 6.92 Å². The van der Waals surface area contributed by atoms with E-state index in [-0.39, 0.29) is 15.8 Å². The maximum atomic E-state index is 9.40. The summed E-state index contributed by atoms with van der Waals surface area (Å²) in [6, 6.07) is 1.49. The zero-order chi connectivity index (χ0) is 10.0. The van der Waals surface area contributed by atoms with E-state index in [1.807, 2.05) is 6.92 Å². The van der Waals surface area contributed by atoms with E-state index < -0.39 is 0 Å². The van der Waals surface area contributed by atoms with Gasteiger partial charge in [0.25, 0.3) is 0 Å². The normalized spacial score (nSPS) is 10.5. The van der Waals surface area contributed by atoms with Gasteiger partial charge in [0.1, 0.15) is 0 Å². The van der Waals surface area contributed by atoms with Crippen molar-refractivity contribution in [3.05, 3.63) is 21.1 Å². The highest BCUT2D eigenvalue weighted by atomic mass is 35.5. The molecule has 0 saturated carbocycles. The van der Waals surface area contributed by atoms with E-state index in [2.05, 4.69) is 0 Å². The molecule has 72 valence electrons. The van der Waals surface area contributed by atoms with Gasteiger partial charge in [-0.05, 0) is 11.8 Å². The second kappa shape index (κ2) is 4.65. The Labute approximate surface area is 96.0 Å². The summed E-state index contributed by atoms with van der Waals surface area (Å²) >= 11 is 18.9. The molecule has 1 N–H and O–H groups in total. The van der Waals surface area contributed by atoms with Gasteiger partial charge in [-0.15, -0.1) is 11.8 Å². The molecule has 0 fully saturated rings. The Hall–Kier alpha value is 0.240. The molecule has 5 heteroatoms. The first-order chi connectivity index (χ1) is 6.07. The highest BCUT2D eigenvalue weighted by molar-refractivity contribution is 7.99. The maximum absolute atomic E-state index is 9.40. The molecule has 0 unspecified atom stereocenters. The average Bonchev–Trinajstić information content (AvgIpc) is 2.09. The monoisotopic (exact) mass is 256 g/mol. The molecule has 0 aliphatic carbocycles. The Morgan fingerprint density at radius 1 is 1.31 bits per heavy atom. The van der Waals surface area contributed by atoms with Crippen molar-refractivity contribution in [2.45, 2.75) is 11.8 Å². The SMILES string of the molecule is CCSc1c(Cl)cc(Cl)c(O)c1Cl. The molecule has 13 heavy (non-hydrogen) atoms. The lowest BCUT2D eigenvalue weighted by Crippen LogP contribution is -1.81. The van der Waals surface area contributed by atoms with Crippen LogP contribution in [-0.2, 0) is 0 Å². The van der Waals surface area contributed by atoms with Crippen LogP contribution in [-0.4, -0.2) is 10.9 Å². The third-order valence-corrected chi connectivity index (χ3v) is 3.57. The van der Waals surface area contributed by atoms with Gasteiger partial charge in [-0.2, -0.15) is 0 Å². The van der Waals surface area contributed by atoms with Crippen molar-refractivity contribution in [3.8, 4) is 5.75 Å². The van der Waals surface area contributed by atoms with Crippen molar-refractivity contribution in [2.75, 3.05) is 5.75 Å². The Bertz CT molecular complexity index is 328. The molecule has 0 bridgehead atoms. The van der Waals surface area contributed by atoms with Gasteiger partial charge < -0.3 is 5.11 Å². The van der Waals surface area contributed by atoms with E-state index in [1.165, 1.54) is 17.8 Å². The highest BCUT2D eigenvalue weighted by Gasteiger charge is 2.13. The summed E-state index contributed by atoms with van der Waals surface area (Å²) in [6.07, 6.45) is 0. The van der Waals surface area contributed by atoms with Gasteiger partial charge in [0.2, 0.25) is 0 Å². The third-order valence-electron chi connectivity index (χ3n) is 1.39. The Morgan fingerprint density at radius 3 is 2.46 bits per heavy atom. The number of phenolic OH excluding ortho intramolecular Hbond substituents is 1. The first kappa shape index (κ1) is 11.3. The number of halogens is 3. The van der Waals surface area contributed by atoms with Crippen LogP contribution >= 0.6 is 46.6 Å². The van der Waals surface area contributed by atoms with Gasteiger partial charge in [-0.25, -0.2) is 0 Å². The van der Waals surface area contributed by atoms with E-state index >= 15 is 0 Å². The number of rotatable bonds is 2. The van der Waals surface area contributed by atoms with Crippen LogP contribution in [0.2, 0.25) is 15.1 Å². The van der Waals surface area contributed by atoms with Gasteiger partial charge >= 0.3 is 0 Å². The molecule has 0 aromatic heterocycles. The molecular formula is C8H7Cl3OS. The number of phenols is 1. The van der Waals surface area contributed by atoms with Crippen LogP contribution in [0.4, 0.5) is 0 Å². The summed E-state index contributed by atoms with van der Waals surface area (Å²) < 4.78 is 0. The van der Waals surface area contributed by atoms with Crippen LogP contribution in [0.15, 0.2) is 11.0 Å². The van der Waals surface area contributed by atoms with Crippen molar-refractivity contribution in [1.82, 2.24) is 0 Å². The summed E-state index contributed by atoms with van der Waals surface area (Å²) in [5.41, 5.74) is 0. The first-order valence-corrected chi connectivity index (χ1v) is 5.69. The first-order valence-electron chi connectivity index (χ1n) is 3.57. The predicted molar refractivity (Wildman–Crippen MR) is 59.5 cm³/mol. The van der Waals surface area contributed by atoms with Gasteiger partial charge in [0, 0.05) is 4.90 Å². The minimum Gasteiger partial charge on any atom is -0.505 e. The van der Waals surface area contributed by atoms with Gasteiger partial charge in [0.05, 0.1) is 15.1 Å². The molecule has 1 nitrogen and oxygen atoms in total. The summed E-state index contributed by atoms with van der Waals surface area (Å²) in [7, 11) is 0. The second-order valence-electron chi connectivity index (χ2n) is 2.26. The Kier molecular flexibility index (Phi) is 4.05. The van der Waals surface area contributed by atoms with E-state index in [1.54, 1.807) is 0 Å². The third kappa shape index (κ3) is 2.38. The molecule has 0 aliphatic heterocycles. The molecule has 0 aliphatic rings. The van der Waals surface area contributed by atoms with Gasteiger partial charge in [-0.3, -0.25) is 0 Å². The summed E-state index contributed by atoms with van der Waals surface area (Å²) in [4.78, 5) is 0.674. The molecule has 0 amide bonds. The fourth-order valence-corrected chi connectivity index (χ4v) is 2.64. The molecule has 0 atom stereocenters. The average molecular weight is 258 g/mol. The van der Waals surface area contributed by atoms with Crippen molar-refractivity contribution in [3.63, 3.8) is 0 Å². The fraction of sp³-hybridized carbons (Fsp3) is 0.250. The quantitative estimate of drug-likeness (QED) is 0.789. The summed E-state index contributed by atoms with van der Waals surface area (Å²) in [5, 5.41) is 10.3. The topological polar surface area (TPSA) is 20.2 Å². The van der Waals surface area contributed by atoms with Crippen molar-refractivity contribution in [1.29, 1.82) is 0 Å². The molecule has 0 radical (unpaired) electrons. The Balaban J connectivity index is 3.26. The lowest BCUT2D eigenvalue weighted by atomic mass is 10.3. The molecule has 0 saturated heterocycles. The number of hydrogen-bond acceptors (Lipinski definition) is 2. The lowest BCUT2D eigenvalue weighted by Gasteiger charge is -2.07. The van der Waals surface area contributed by atoms with Crippen LogP contribution in [0.3, 0.4) is 0 Å².